The van der Waals surface area contributed by atoms with Gasteiger partial charge in [-0.15, -0.1) is 5.10 Å². The summed E-state index contributed by atoms with van der Waals surface area (Å²) >= 11 is 0. The summed E-state index contributed by atoms with van der Waals surface area (Å²) in [7, 11) is 3.04. The molecule has 2 N–H and O–H groups in total. The van der Waals surface area contributed by atoms with Gasteiger partial charge in [0, 0.05) is 7.05 Å². The highest BCUT2D eigenvalue weighted by Crippen LogP contribution is 2.25. The molecule has 0 aliphatic rings. The predicted molar refractivity (Wildman–Crippen MR) is 68.0 cm³/mol. The van der Waals surface area contributed by atoms with E-state index in [1.807, 2.05) is 13.8 Å². The van der Waals surface area contributed by atoms with Gasteiger partial charge < -0.3 is 10.5 Å². The summed E-state index contributed by atoms with van der Waals surface area (Å²) in [5.74, 6) is 0.160. The van der Waals surface area contributed by atoms with Gasteiger partial charge in [0.15, 0.2) is 5.82 Å². The standard InChI is InChI=1S/C11H16N6O2/c1-6(2)8-7(12)10(16(3)14-8)17-5-13-9(15-17)11(18)19-4/h5-6H,12H2,1-4H3. The zero-order chi connectivity index (χ0) is 14.2. The monoisotopic (exact) mass is 264 g/mol. The Morgan fingerprint density at radius 3 is 2.63 bits per heavy atom. The number of nitrogens with zero attached hydrogens (tertiary/aromatic N) is 5. The van der Waals surface area contributed by atoms with E-state index in [9.17, 15) is 4.79 Å². The zero-order valence-electron chi connectivity index (χ0n) is 11.3. The molecule has 2 aromatic rings. The molecule has 0 amide bonds. The van der Waals surface area contributed by atoms with Gasteiger partial charge in [0.25, 0.3) is 5.82 Å². The molecule has 0 saturated carbocycles. The molecule has 19 heavy (non-hydrogen) atoms. The van der Waals surface area contributed by atoms with E-state index in [1.54, 1.807) is 11.7 Å². The van der Waals surface area contributed by atoms with Crippen LogP contribution in [0.4, 0.5) is 5.69 Å². The minimum atomic E-state index is -0.594. The smallest absolute Gasteiger partial charge is 0.377 e. The Balaban J connectivity index is 2.47. The fraction of sp³-hybridized carbons (Fsp3) is 0.455. The number of hydrogen-bond acceptors (Lipinski definition) is 6. The van der Waals surface area contributed by atoms with Crippen molar-refractivity contribution in [2.75, 3.05) is 12.8 Å². The van der Waals surface area contributed by atoms with Crippen LogP contribution in [0, 0.1) is 0 Å². The van der Waals surface area contributed by atoms with Crippen molar-refractivity contribution >= 4 is 11.7 Å². The molecule has 2 aromatic heterocycles. The maximum atomic E-state index is 11.3. The number of hydrogen-bond donors (Lipinski definition) is 1. The van der Waals surface area contributed by atoms with E-state index in [2.05, 4.69) is 19.9 Å². The van der Waals surface area contributed by atoms with Crippen LogP contribution in [0.3, 0.4) is 0 Å². The molecule has 102 valence electrons. The lowest BCUT2D eigenvalue weighted by molar-refractivity contribution is 0.0587. The molecule has 2 rings (SSSR count). The third-order valence-electron chi connectivity index (χ3n) is 2.70. The van der Waals surface area contributed by atoms with E-state index in [4.69, 9.17) is 5.73 Å². The van der Waals surface area contributed by atoms with Gasteiger partial charge in [0.2, 0.25) is 0 Å². The Kier molecular flexibility index (Phi) is 3.24. The van der Waals surface area contributed by atoms with Crippen molar-refractivity contribution in [3.63, 3.8) is 0 Å². The first-order chi connectivity index (χ1) is 8.95. The number of esters is 1. The second-order valence-corrected chi connectivity index (χ2v) is 4.41. The lowest BCUT2D eigenvalue weighted by Gasteiger charge is -2.02. The van der Waals surface area contributed by atoms with Crippen molar-refractivity contribution < 1.29 is 9.53 Å². The summed E-state index contributed by atoms with van der Waals surface area (Å²) in [6, 6.07) is 0. The molecule has 0 radical (unpaired) electrons. The van der Waals surface area contributed by atoms with E-state index in [0.29, 0.717) is 11.5 Å². The Morgan fingerprint density at radius 1 is 1.42 bits per heavy atom. The molecule has 2 heterocycles. The molecule has 0 unspecified atom stereocenters. The van der Waals surface area contributed by atoms with Crippen LogP contribution in [0.5, 0.6) is 0 Å². The topological polar surface area (TPSA) is 101 Å². The summed E-state index contributed by atoms with van der Waals surface area (Å²) < 4.78 is 7.59. The van der Waals surface area contributed by atoms with E-state index < -0.39 is 5.97 Å². The minimum Gasteiger partial charge on any atom is -0.463 e. The van der Waals surface area contributed by atoms with Gasteiger partial charge in [0.1, 0.15) is 12.0 Å². The molecule has 0 aliphatic heterocycles. The van der Waals surface area contributed by atoms with E-state index in [-0.39, 0.29) is 11.7 Å². The lowest BCUT2D eigenvalue weighted by atomic mass is 10.1. The molecule has 0 aromatic carbocycles. The number of carbonyl (C=O) groups excluding carboxylic acids is 1. The Bertz CT molecular complexity index is 613. The highest BCUT2D eigenvalue weighted by Gasteiger charge is 2.20. The normalized spacial score (nSPS) is 11.0. The average Bonchev–Trinajstić information content (AvgIpc) is 2.93. The summed E-state index contributed by atoms with van der Waals surface area (Å²) in [5, 5.41) is 8.38. The summed E-state index contributed by atoms with van der Waals surface area (Å²) in [5.41, 5.74) is 7.38. The van der Waals surface area contributed by atoms with Crippen molar-refractivity contribution in [1.82, 2.24) is 24.5 Å². The molecule has 0 aliphatic carbocycles. The molecular weight excluding hydrogens is 248 g/mol. The number of aryl methyl sites for hydroxylation is 1. The summed E-state index contributed by atoms with van der Waals surface area (Å²) in [6.45, 7) is 4.01. The molecule has 0 atom stereocenters. The number of aromatic nitrogens is 5. The van der Waals surface area contributed by atoms with Crippen molar-refractivity contribution in [3.8, 4) is 5.82 Å². The van der Waals surface area contributed by atoms with Crippen molar-refractivity contribution in [1.29, 1.82) is 0 Å². The Labute approximate surface area is 110 Å². The molecule has 0 bridgehead atoms. The lowest BCUT2D eigenvalue weighted by Crippen LogP contribution is -2.08. The van der Waals surface area contributed by atoms with Crippen LogP contribution in [0.2, 0.25) is 0 Å². The fourth-order valence-corrected chi connectivity index (χ4v) is 1.80. The number of nitrogen functional groups attached to an aromatic ring is 1. The summed E-state index contributed by atoms with van der Waals surface area (Å²) in [6.07, 6.45) is 1.41. The number of carbonyl (C=O) groups is 1. The van der Waals surface area contributed by atoms with Gasteiger partial charge >= 0.3 is 5.97 Å². The van der Waals surface area contributed by atoms with Gasteiger partial charge in [-0.3, -0.25) is 0 Å². The maximum absolute atomic E-state index is 11.3. The molecule has 0 saturated heterocycles. The third-order valence-corrected chi connectivity index (χ3v) is 2.70. The van der Waals surface area contributed by atoms with Crippen LogP contribution in [-0.2, 0) is 11.8 Å². The second kappa shape index (κ2) is 4.71. The van der Waals surface area contributed by atoms with Gasteiger partial charge in [-0.05, 0) is 5.92 Å². The largest absolute Gasteiger partial charge is 0.463 e. The van der Waals surface area contributed by atoms with Crippen LogP contribution in [-0.4, -0.2) is 37.6 Å². The number of methoxy groups -OCH3 is 1. The highest BCUT2D eigenvalue weighted by atomic mass is 16.5. The number of rotatable bonds is 3. The molecule has 8 heteroatoms. The number of anilines is 1. The Morgan fingerprint density at radius 2 is 2.11 bits per heavy atom. The van der Waals surface area contributed by atoms with Crippen LogP contribution in [0.25, 0.3) is 5.82 Å². The van der Waals surface area contributed by atoms with Gasteiger partial charge in [-0.25, -0.2) is 14.5 Å². The van der Waals surface area contributed by atoms with E-state index in [0.717, 1.165) is 5.69 Å². The third kappa shape index (κ3) is 2.16. The first-order valence-electron chi connectivity index (χ1n) is 5.78. The quantitative estimate of drug-likeness (QED) is 0.810. The molecular formula is C11H16N6O2. The average molecular weight is 264 g/mol. The van der Waals surface area contributed by atoms with Gasteiger partial charge in [0.05, 0.1) is 12.8 Å². The number of nitrogens with two attached hydrogens (primary N) is 1. The van der Waals surface area contributed by atoms with Crippen LogP contribution in [0.15, 0.2) is 6.33 Å². The SMILES string of the molecule is COC(=O)c1ncn(-c2c(N)c(C(C)C)nn2C)n1. The second-order valence-electron chi connectivity index (χ2n) is 4.41. The van der Waals surface area contributed by atoms with E-state index >= 15 is 0 Å². The van der Waals surface area contributed by atoms with Crippen molar-refractivity contribution in [2.45, 2.75) is 19.8 Å². The molecule has 0 fully saturated rings. The highest BCUT2D eigenvalue weighted by molar-refractivity contribution is 5.84. The van der Waals surface area contributed by atoms with Crippen molar-refractivity contribution in [3.05, 3.63) is 17.8 Å². The van der Waals surface area contributed by atoms with E-state index in [1.165, 1.54) is 18.1 Å². The van der Waals surface area contributed by atoms with Crippen LogP contribution in [0.1, 0.15) is 36.1 Å². The maximum Gasteiger partial charge on any atom is 0.377 e. The van der Waals surface area contributed by atoms with Crippen LogP contribution < -0.4 is 5.73 Å². The van der Waals surface area contributed by atoms with Gasteiger partial charge in [-0.2, -0.15) is 9.78 Å². The predicted octanol–water partition coefficient (Wildman–Crippen LogP) is 0.493. The minimum absolute atomic E-state index is 0.0193. The fourth-order valence-electron chi connectivity index (χ4n) is 1.80. The summed E-state index contributed by atoms with van der Waals surface area (Å²) in [4.78, 5) is 15.2. The zero-order valence-corrected chi connectivity index (χ0v) is 11.3. The first-order valence-corrected chi connectivity index (χ1v) is 5.78. The first kappa shape index (κ1) is 13.1. The molecule has 0 spiro atoms. The van der Waals surface area contributed by atoms with Gasteiger partial charge in [-0.1, -0.05) is 13.8 Å². The molecule has 8 nitrogen and oxygen atoms in total. The Hall–Kier alpha value is -2.38. The van der Waals surface area contributed by atoms with Crippen LogP contribution >= 0.6 is 0 Å². The van der Waals surface area contributed by atoms with Crippen molar-refractivity contribution in [2.24, 2.45) is 7.05 Å². The number of ether oxygens (including phenoxy) is 1.